The number of aryl methyl sites for hydroxylation is 1. The van der Waals surface area contributed by atoms with E-state index in [4.69, 9.17) is 4.74 Å². The minimum Gasteiger partial charge on any atom is -0.444 e. The molecular weight excluding hydrogens is 288 g/mol. The van der Waals surface area contributed by atoms with Gasteiger partial charge >= 0.3 is 6.09 Å². The Balaban J connectivity index is 1.95. The zero-order chi connectivity index (χ0) is 16.9. The summed E-state index contributed by atoms with van der Waals surface area (Å²) >= 11 is 0. The molecule has 2 N–H and O–H groups in total. The SMILES string of the molecule is Cc1cccc(CNc2cccc(NC(=O)OC(C)(C)C)c2)c1. The van der Waals surface area contributed by atoms with Crippen molar-refractivity contribution in [1.82, 2.24) is 0 Å². The van der Waals surface area contributed by atoms with Crippen molar-refractivity contribution in [3.8, 4) is 0 Å². The number of carbonyl (C=O) groups excluding carboxylic acids is 1. The number of rotatable bonds is 4. The number of hydrogen-bond donors (Lipinski definition) is 2. The van der Waals surface area contributed by atoms with Gasteiger partial charge in [0.05, 0.1) is 0 Å². The predicted molar refractivity (Wildman–Crippen MR) is 94.8 cm³/mol. The average molecular weight is 312 g/mol. The number of anilines is 2. The Kier molecular flexibility index (Phi) is 5.27. The molecule has 2 aromatic rings. The fourth-order valence-corrected chi connectivity index (χ4v) is 2.15. The molecule has 2 rings (SSSR count). The molecule has 4 nitrogen and oxygen atoms in total. The molecule has 0 atom stereocenters. The highest BCUT2D eigenvalue weighted by atomic mass is 16.6. The molecular formula is C19H24N2O2. The first-order chi connectivity index (χ1) is 10.8. The van der Waals surface area contributed by atoms with Gasteiger partial charge < -0.3 is 10.1 Å². The molecule has 0 aliphatic carbocycles. The van der Waals surface area contributed by atoms with Gasteiger partial charge in [0.25, 0.3) is 0 Å². The van der Waals surface area contributed by atoms with Gasteiger partial charge in [0.1, 0.15) is 5.60 Å². The van der Waals surface area contributed by atoms with E-state index >= 15 is 0 Å². The van der Waals surface area contributed by atoms with Crippen molar-refractivity contribution in [3.63, 3.8) is 0 Å². The van der Waals surface area contributed by atoms with Crippen LogP contribution in [0.4, 0.5) is 16.2 Å². The van der Waals surface area contributed by atoms with Crippen LogP contribution in [0.15, 0.2) is 48.5 Å². The van der Waals surface area contributed by atoms with E-state index in [0.717, 1.165) is 12.2 Å². The lowest BCUT2D eigenvalue weighted by atomic mass is 10.1. The summed E-state index contributed by atoms with van der Waals surface area (Å²) in [5.74, 6) is 0. The van der Waals surface area contributed by atoms with Crippen LogP contribution in [0.2, 0.25) is 0 Å². The zero-order valence-electron chi connectivity index (χ0n) is 14.1. The summed E-state index contributed by atoms with van der Waals surface area (Å²) < 4.78 is 5.25. The highest BCUT2D eigenvalue weighted by Crippen LogP contribution is 2.17. The smallest absolute Gasteiger partial charge is 0.412 e. The van der Waals surface area contributed by atoms with E-state index in [0.29, 0.717) is 5.69 Å². The molecule has 4 heteroatoms. The van der Waals surface area contributed by atoms with E-state index in [1.807, 2.05) is 51.1 Å². The molecule has 0 unspecified atom stereocenters. The Morgan fingerprint density at radius 3 is 2.43 bits per heavy atom. The second-order valence-electron chi connectivity index (χ2n) is 6.55. The van der Waals surface area contributed by atoms with Crippen LogP contribution in [0.25, 0.3) is 0 Å². The van der Waals surface area contributed by atoms with Gasteiger partial charge in [-0.25, -0.2) is 4.79 Å². The topological polar surface area (TPSA) is 50.4 Å². The first-order valence-electron chi connectivity index (χ1n) is 7.71. The van der Waals surface area contributed by atoms with Crippen molar-refractivity contribution < 1.29 is 9.53 Å². The first-order valence-corrected chi connectivity index (χ1v) is 7.71. The van der Waals surface area contributed by atoms with E-state index in [-0.39, 0.29) is 0 Å². The third kappa shape index (κ3) is 6.02. The molecule has 0 heterocycles. The van der Waals surface area contributed by atoms with Crippen LogP contribution in [0.1, 0.15) is 31.9 Å². The maximum Gasteiger partial charge on any atom is 0.412 e. The third-order valence-electron chi connectivity index (χ3n) is 3.09. The summed E-state index contributed by atoms with van der Waals surface area (Å²) in [5, 5.41) is 6.10. The molecule has 0 spiro atoms. The van der Waals surface area contributed by atoms with Gasteiger partial charge in [-0.2, -0.15) is 0 Å². The Bertz CT molecular complexity index is 675. The lowest BCUT2D eigenvalue weighted by Gasteiger charge is -2.19. The lowest BCUT2D eigenvalue weighted by Crippen LogP contribution is -2.27. The normalized spacial score (nSPS) is 11.0. The monoisotopic (exact) mass is 312 g/mol. The molecule has 0 saturated heterocycles. The minimum atomic E-state index is -0.509. The molecule has 2 aromatic carbocycles. The van der Waals surface area contributed by atoms with Crippen molar-refractivity contribution in [3.05, 3.63) is 59.7 Å². The van der Waals surface area contributed by atoms with Gasteiger partial charge in [-0.3, -0.25) is 5.32 Å². The number of nitrogens with one attached hydrogen (secondary N) is 2. The third-order valence-corrected chi connectivity index (χ3v) is 3.09. The molecule has 0 saturated carbocycles. The molecule has 0 radical (unpaired) electrons. The van der Waals surface area contributed by atoms with E-state index in [1.165, 1.54) is 11.1 Å². The number of amides is 1. The molecule has 23 heavy (non-hydrogen) atoms. The van der Waals surface area contributed by atoms with Crippen LogP contribution in [0.5, 0.6) is 0 Å². The van der Waals surface area contributed by atoms with Crippen LogP contribution in [-0.2, 0) is 11.3 Å². The molecule has 122 valence electrons. The summed E-state index contributed by atoms with van der Waals surface area (Å²) in [6, 6.07) is 15.9. The van der Waals surface area contributed by atoms with Gasteiger partial charge in [0.15, 0.2) is 0 Å². The summed E-state index contributed by atoms with van der Waals surface area (Å²) in [4.78, 5) is 11.8. The largest absolute Gasteiger partial charge is 0.444 e. The molecule has 0 aliphatic rings. The molecule has 0 aliphatic heterocycles. The average Bonchev–Trinajstić information content (AvgIpc) is 2.43. The Morgan fingerprint density at radius 2 is 1.74 bits per heavy atom. The Hall–Kier alpha value is -2.49. The van der Waals surface area contributed by atoms with Gasteiger partial charge in [0.2, 0.25) is 0 Å². The van der Waals surface area contributed by atoms with Crippen molar-refractivity contribution in [2.75, 3.05) is 10.6 Å². The van der Waals surface area contributed by atoms with E-state index in [9.17, 15) is 4.79 Å². The van der Waals surface area contributed by atoms with E-state index in [1.54, 1.807) is 0 Å². The first kappa shape index (κ1) is 16.9. The van der Waals surface area contributed by atoms with Crippen LogP contribution in [-0.4, -0.2) is 11.7 Å². The summed E-state index contributed by atoms with van der Waals surface area (Å²) in [7, 11) is 0. The zero-order valence-corrected chi connectivity index (χ0v) is 14.1. The molecule has 0 fully saturated rings. The van der Waals surface area contributed by atoms with E-state index in [2.05, 4.69) is 35.8 Å². The minimum absolute atomic E-state index is 0.451. The van der Waals surface area contributed by atoms with Gasteiger partial charge in [-0.15, -0.1) is 0 Å². The second kappa shape index (κ2) is 7.18. The Morgan fingerprint density at radius 1 is 1.04 bits per heavy atom. The van der Waals surface area contributed by atoms with Crippen molar-refractivity contribution in [2.45, 2.75) is 39.8 Å². The van der Waals surface area contributed by atoms with Gasteiger partial charge in [-0.05, 0) is 51.5 Å². The van der Waals surface area contributed by atoms with Crippen LogP contribution < -0.4 is 10.6 Å². The van der Waals surface area contributed by atoms with Gasteiger partial charge in [0, 0.05) is 17.9 Å². The number of carbonyl (C=O) groups is 1. The van der Waals surface area contributed by atoms with Crippen LogP contribution in [0, 0.1) is 6.92 Å². The van der Waals surface area contributed by atoms with E-state index < -0.39 is 11.7 Å². The lowest BCUT2D eigenvalue weighted by molar-refractivity contribution is 0.0636. The standard InChI is InChI=1S/C19H24N2O2/c1-14-7-5-8-15(11-14)13-20-16-9-6-10-17(12-16)21-18(22)23-19(2,3)4/h5-12,20H,13H2,1-4H3,(H,21,22). The fourth-order valence-electron chi connectivity index (χ4n) is 2.15. The molecule has 0 bridgehead atoms. The predicted octanol–water partition coefficient (Wildman–Crippen LogP) is 4.95. The van der Waals surface area contributed by atoms with Crippen LogP contribution in [0.3, 0.4) is 0 Å². The number of benzene rings is 2. The quantitative estimate of drug-likeness (QED) is 0.839. The second-order valence-corrected chi connectivity index (χ2v) is 6.55. The van der Waals surface area contributed by atoms with Crippen molar-refractivity contribution in [1.29, 1.82) is 0 Å². The summed E-state index contributed by atoms with van der Waals surface area (Å²) in [6.07, 6.45) is -0.451. The van der Waals surface area contributed by atoms with Crippen molar-refractivity contribution in [2.24, 2.45) is 0 Å². The summed E-state index contributed by atoms with van der Waals surface area (Å²) in [5.41, 5.74) is 3.60. The molecule has 0 aromatic heterocycles. The maximum absolute atomic E-state index is 11.8. The highest BCUT2D eigenvalue weighted by molar-refractivity contribution is 5.85. The highest BCUT2D eigenvalue weighted by Gasteiger charge is 2.16. The summed E-state index contributed by atoms with van der Waals surface area (Å²) in [6.45, 7) is 8.33. The fraction of sp³-hybridized carbons (Fsp3) is 0.316. The maximum atomic E-state index is 11.8. The van der Waals surface area contributed by atoms with Crippen molar-refractivity contribution >= 4 is 17.5 Å². The van der Waals surface area contributed by atoms with Gasteiger partial charge in [-0.1, -0.05) is 35.9 Å². The number of hydrogen-bond acceptors (Lipinski definition) is 3. The number of ether oxygens (including phenoxy) is 1. The van der Waals surface area contributed by atoms with Crippen LogP contribution >= 0.6 is 0 Å². The Labute approximate surface area is 137 Å². The molecule has 1 amide bonds.